The zero-order valence-corrected chi connectivity index (χ0v) is 14.5. The number of aromatic carboxylic acids is 1. The Hall–Kier alpha value is -2.38. The average molecular weight is 358 g/mol. The summed E-state index contributed by atoms with van der Waals surface area (Å²) in [6.07, 6.45) is 3.06. The van der Waals surface area contributed by atoms with Crippen LogP contribution in [0.25, 0.3) is 10.2 Å². The molecule has 7 heteroatoms. The zero-order chi connectivity index (χ0) is 17.3. The smallest absolute Gasteiger partial charge is 0.341 e. The van der Waals surface area contributed by atoms with E-state index in [4.69, 9.17) is 0 Å². The Kier molecular flexibility index (Phi) is 4.55. The molecule has 0 unspecified atom stereocenters. The van der Waals surface area contributed by atoms with Crippen LogP contribution in [0.5, 0.6) is 0 Å². The predicted molar refractivity (Wildman–Crippen MR) is 99.7 cm³/mol. The summed E-state index contributed by atoms with van der Waals surface area (Å²) in [6, 6.07) is 9.13. The van der Waals surface area contributed by atoms with Crippen LogP contribution in [-0.2, 0) is 6.54 Å². The van der Waals surface area contributed by atoms with E-state index in [1.54, 1.807) is 16.8 Å². The largest absolute Gasteiger partial charge is 0.477 e. The lowest BCUT2D eigenvalue weighted by molar-refractivity contribution is 0.0695. The van der Waals surface area contributed by atoms with Gasteiger partial charge in [-0.15, -0.1) is 24.0 Å². The molecule has 0 aliphatic rings. The summed E-state index contributed by atoms with van der Waals surface area (Å²) in [6.45, 7) is 2.48. The van der Waals surface area contributed by atoms with Crippen LogP contribution < -0.4 is 5.43 Å². The lowest BCUT2D eigenvalue weighted by Gasteiger charge is -2.05. The number of fused-ring (bicyclic) bond motifs is 1. The number of hydrogen-bond donors (Lipinski definition) is 2. The van der Waals surface area contributed by atoms with Gasteiger partial charge < -0.3 is 9.67 Å². The molecule has 0 bridgehead atoms. The summed E-state index contributed by atoms with van der Waals surface area (Å²) in [5.74, 6) is -1.21. The molecule has 0 aliphatic carbocycles. The Labute approximate surface area is 147 Å². The fourth-order valence-electron chi connectivity index (χ4n) is 2.35. The van der Waals surface area contributed by atoms with E-state index in [2.05, 4.69) is 17.6 Å². The van der Waals surface area contributed by atoms with Crippen molar-refractivity contribution in [3.8, 4) is 0 Å². The highest BCUT2D eigenvalue weighted by Crippen LogP contribution is 2.25. The number of carboxylic acid groups (broad SMARTS) is 1. The van der Waals surface area contributed by atoms with Crippen LogP contribution in [0.1, 0.15) is 22.2 Å². The first-order valence-corrected chi connectivity index (χ1v) is 8.50. The number of rotatable bonds is 4. The highest BCUT2D eigenvalue weighted by Gasteiger charge is 2.16. The molecule has 0 saturated heterocycles. The fourth-order valence-corrected chi connectivity index (χ4v) is 3.64. The van der Waals surface area contributed by atoms with Gasteiger partial charge in [0.2, 0.25) is 5.43 Å². The van der Waals surface area contributed by atoms with Crippen molar-refractivity contribution in [1.82, 2.24) is 4.57 Å². The van der Waals surface area contributed by atoms with Crippen LogP contribution >= 0.6 is 24.0 Å². The summed E-state index contributed by atoms with van der Waals surface area (Å²) in [7, 11) is 0. The molecule has 0 fully saturated rings. The van der Waals surface area contributed by atoms with Gasteiger partial charge in [0.15, 0.2) is 0 Å². The molecule has 122 valence electrons. The Balaban J connectivity index is 2.12. The highest BCUT2D eigenvalue weighted by atomic mass is 32.1. The van der Waals surface area contributed by atoms with Crippen LogP contribution in [0.3, 0.4) is 0 Å². The Morgan fingerprint density at radius 3 is 2.83 bits per heavy atom. The molecular weight excluding hydrogens is 344 g/mol. The monoisotopic (exact) mass is 358 g/mol. The zero-order valence-electron chi connectivity index (χ0n) is 12.8. The number of thiol groups is 1. The topological polar surface area (TPSA) is 71.7 Å². The van der Waals surface area contributed by atoms with Gasteiger partial charge in [-0.2, -0.15) is 0 Å². The summed E-state index contributed by atoms with van der Waals surface area (Å²) >= 11 is 5.75. The van der Waals surface area contributed by atoms with Crippen molar-refractivity contribution < 1.29 is 9.90 Å². The summed E-state index contributed by atoms with van der Waals surface area (Å²) in [5.41, 5.74) is 0.0502. The van der Waals surface area contributed by atoms with E-state index >= 15 is 0 Å². The van der Waals surface area contributed by atoms with Gasteiger partial charge in [-0.05, 0) is 25.1 Å². The maximum Gasteiger partial charge on any atom is 0.341 e. The Morgan fingerprint density at radius 2 is 2.17 bits per heavy atom. The molecule has 0 aliphatic heterocycles. The minimum absolute atomic E-state index is 0.216. The first kappa shape index (κ1) is 16.5. The third-order valence-electron chi connectivity index (χ3n) is 3.55. The molecule has 0 atom stereocenters. The number of nitrogens with zero attached hydrogens (tertiary/aromatic N) is 2. The van der Waals surface area contributed by atoms with Crippen molar-refractivity contribution in [3.63, 3.8) is 0 Å². The van der Waals surface area contributed by atoms with Gasteiger partial charge in [0.1, 0.15) is 10.4 Å². The van der Waals surface area contributed by atoms with Gasteiger partial charge in [-0.3, -0.25) is 9.79 Å². The molecule has 1 aromatic carbocycles. The number of pyridine rings is 1. The molecule has 0 spiro atoms. The van der Waals surface area contributed by atoms with Gasteiger partial charge in [-0.25, -0.2) is 4.79 Å². The SMILES string of the molecule is CCn1cc(C(=O)O)c(=O)c2cc(C=Nc3ccccc3S)sc21. The molecule has 2 heterocycles. The van der Waals surface area contributed by atoms with E-state index in [-0.39, 0.29) is 5.56 Å². The molecule has 3 aromatic rings. The van der Waals surface area contributed by atoms with E-state index in [1.807, 2.05) is 31.2 Å². The van der Waals surface area contributed by atoms with Crippen LogP contribution in [0, 0.1) is 0 Å². The predicted octanol–water partition coefficient (Wildman–Crippen LogP) is 3.82. The molecular formula is C17H14N2O3S2. The minimum atomic E-state index is -1.21. The van der Waals surface area contributed by atoms with Crippen molar-refractivity contribution in [2.75, 3.05) is 0 Å². The van der Waals surface area contributed by atoms with Gasteiger partial charge in [-0.1, -0.05) is 12.1 Å². The van der Waals surface area contributed by atoms with E-state index < -0.39 is 11.4 Å². The van der Waals surface area contributed by atoms with Crippen molar-refractivity contribution in [1.29, 1.82) is 0 Å². The number of carboxylic acids is 1. The number of benzene rings is 1. The Morgan fingerprint density at radius 1 is 1.42 bits per heavy atom. The summed E-state index contributed by atoms with van der Waals surface area (Å²) in [4.78, 5) is 30.3. The number of hydrogen-bond acceptors (Lipinski definition) is 5. The quantitative estimate of drug-likeness (QED) is 0.550. The van der Waals surface area contributed by atoms with E-state index in [0.29, 0.717) is 11.9 Å². The van der Waals surface area contributed by atoms with Gasteiger partial charge in [0.25, 0.3) is 0 Å². The van der Waals surface area contributed by atoms with Gasteiger partial charge in [0, 0.05) is 28.7 Å². The van der Waals surface area contributed by atoms with Crippen molar-refractivity contribution in [2.24, 2.45) is 4.99 Å². The third-order valence-corrected chi connectivity index (χ3v) is 5.04. The molecule has 0 saturated carbocycles. The number of aromatic nitrogens is 1. The molecule has 5 nitrogen and oxygen atoms in total. The highest BCUT2D eigenvalue weighted by molar-refractivity contribution is 7.80. The second kappa shape index (κ2) is 6.62. The number of aryl methyl sites for hydroxylation is 1. The van der Waals surface area contributed by atoms with Crippen LogP contribution in [0.15, 0.2) is 51.2 Å². The Bertz CT molecular complexity index is 1020. The van der Waals surface area contributed by atoms with Gasteiger partial charge in [0.05, 0.1) is 11.1 Å². The van der Waals surface area contributed by atoms with Crippen LogP contribution in [0.2, 0.25) is 0 Å². The van der Waals surface area contributed by atoms with Crippen molar-refractivity contribution in [3.05, 3.63) is 57.2 Å². The van der Waals surface area contributed by atoms with Crippen LogP contribution in [0.4, 0.5) is 5.69 Å². The number of carbonyl (C=O) groups is 1. The summed E-state index contributed by atoms with van der Waals surface area (Å²) in [5, 5.41) is 9.59. The first-order valence-electron chi connectivity index (χ1n) is 7.23. The average Bonchev–Trinajstić information content (AvgIpc) is 2.99. The third kappa shape index (κ3) is 3.00. The minimum Gasteiger partial charge on any atom is -0.477 e. The van der Waals surface area contributed by atoms with Crippen LogP contribution in [-0.4, -0.2) is 21.9 Å². The number of aliphatic imine (C=N–C) groups is 1. The first-order chi connectivity index (χ1) is 11.5. The second-order valence-electron chi connectivity index (χ2n) is 5.08. The van der Waals surface area contributed by atoms with E-state index in [0.717, 1.165) is 20.3 Å². The fraction of sp³-hybridized carbons (Fsp3) is 0.118. The summed E-state index contributed by atoms with van der Waals surface area (Å²) < 4.78 is 1.77. The maximum absolute atomic E-state index is 12.3. The normalized spacial score (nSPS) is 11.4. The second-order valence-corrected chi connectivity index (χ2v) is 6.62. The molecule has 2 aromatic heterocycles. The standard InChI is InChI=1S/C17H14N2O3S2/c1-2-19-9-12(17(21)22)15(20)11-7-10(24-16(11)19)8-18-13-5-3-4-6-14(13)23/h3-9,23H,2H2,1H3,(H,21,22). The molecule has 1 N–H and O–H groups in total. The van der Waals surface area contributed by atoms with Crippen molar-refractivity contribution >= 4 is 52.1 Å². The van der Waals surface area contributed by atoms with Crippen molar-refractivity contribution in [2.45, 2.75) is 18.4 Å². The van der Waals surface area contributed by atoms with Gasteiger partial charge >= 0.3 is 5.97 Å². The van der Waals surface area contributed by atoms with E-state index in [9.17, 15) is 14.7 Å². The molecule has 0 amide bonds. The lowest BCUT2D eigenvalue weighted by Crippen LogP contribution is -2.17. The molecule has 3 rings (SSSR count). The lowest BCUT2D eigenvalue weighted by atomic mass is 10.2. The number of thiophene rings is 1. The number of para-hydroxylation sites is 1. The maximum atomic E-state index is 12.3. The van der Waals surface area contributed by atoms with E-state index in [1.165, 1.54) is 17.5 Å². The molecule has 24 heavy (non-hydrogen) atoms. The molecule has 0 radical (unpaired) electrons.